The molecule has 4 aromatic rings. The number of aromatic nitrogens is 3. The first-order valence-electron chi connectivity index (χ1n) is 16.2. The molecule has 282 valence electrons. The summed E-state index contributed by atoms with van der Waals surface area (Å²) in [6.07, 6.45) is -0.596. The molecule has 1 aromatic carbocycles. The number of piperazine rings is 1. The van der Waals surface area contributed by atoms with Gasteiger partial charge in [-0.05, 0) is 24.0 Å². The monoisotopic (exact) mass is 778 g/mol. The van der Waals surface area contributed by atoms with Crippen molar-refractivity contribution < 1.29 is 47.1 Å². The van der Waals surface area contributed by atoms with E-state index in [2.05, 4.69) is 4.98 Å². The van der Waals surface area contributed by atoms with Gasteiger partial charge in [-0.1, -0.05) is 11.8 Å². The number of benzene rings is 1. The minimum atomic E-state index is -1.36. The van der Waals surface area contributed by atoms with Crippen molar-refractivity contribution in [2.24, 2.45) is 0 Å². The van der Waals surface area contributed by atoms with Crippen molar-refractivity contribution in [3.8, 4) is 0 Å². The predicted octanol–water partition coefficient (Wildman–Crippen LogP) is 3.42. The van der Waals surface area contributed by atoms with Crippen LogP contribution in [0.4, 0.5) is 15.9 Å². The molecule has 0 radical (unpaired) electrons. The van der Waals surface area contributed by atoms with Gasteiger partial charge in [0.05, 0.1) is 46.9 Å². The Balaban J connectivity index is 1.01. The zero-order valence-corrected chi connectivity index (χ0v) is 29.8. The van der Waals surface area contributed by atoms with E-state index >= 15 is 4.39 Å². The van der Waals surface area contributed by atoms with Gasteiger partial charge in [0.15, 0.2) is 30.1 Å². The van der Waals surface area contributed by atoms with Crippen LogP contribution in [0, 0.1) is 22.9 Å². The van der Waals surface area contributed by atoms with Crippen LogP contribution in [0.1, 0.15) is 52.8 Å². The molecule has 2 unspecified atom stereocenters. The molecule has 1 saturated heterocycles. The summed E-state index contributed by atoms with van der Waals surface area (Å²) in [5.74, 6) is -4.62. The van der Waals surface area contributed by atoms with Crippen LogP contribution in [0.15, 0.2) is 41.8 Å². The zero-order valence-electron chi connectivity index (χ0n) is 28.2. The van der Waals surface area contributed by atoms with Crippen molar-refractivity contribution in [2.45, 2.75) is 62.9 Å². The molecule has 21 heteroatoms. The molecule has 3 aromatic heterocycles. The third-order valence-electron chi connectivity index (χ3n) is 8.87. The van der Waals surface area contributed by atoms with Crippen LogP contribution in [0.5, 0.6) is 0 Å². The van der Waals surface area contributed by atoms with Gasteiger partial charge in [-0.2, -0.15) is 0 Å². The minimum Gasteiger partial charge on any atom is -0.477 e. The molecule has 1 N–H and O–H groups in total. The number of aromatic carboxylic acids is 1. The summed E-state index contributed by atoms with van der Waals surface area (Å²) < 4.78 is 39.1. The van der Waals surface area contributed by atoms with E-state index in [1.165, 1.54) is 16.3 Å². The second-order valence-corrected chi connectivity index (χ2v) is 13.9. The lowest BCUT2D eigenvalue weighted by atomic mass is 10.1. The van der Waals surface area contributed by atoms with Crippen LogP contribution >= 0.6 is 23.4 Å². The van der Waals surface area contributed by atoms with Crippen LogP contribution in [0.25, 0.3) is 10.9 Å². The number of carbonyl (C=O) groups excluding carboxylic acids is 2. The van der Waals surface area contributed by atoms with Gasteiger partial charge < -0.3 is 43.0 Å². The predicted molar refractivity (Wildman–Crippen MR) is 184 cm³/mol. The molecule has 0 spiro atoms. The molecule has 0 bridgehead atoms. The van der Waals surface area contributed by atoms with Crippen LogP contribution in [-0.4, -0.2) is 85.1 Å². The number of ether oxygens (including phenoxy) is 2. The topological polar surface area (TPSA) is 223 Å². The van der Waals surface area contributed by atoms with Gasteiger partial charge in [0.1, 0.15) is 24.1 Å². The summed E-state index contributed by atoms with van der Waals surface area (Å²) >= 11 is 7.17. The molecular weight excluding hydrogens is 747 g/mol. The number of nitro groups is 1. The second kappa shape index (κ2) is 15.4. The summed E-state index contributed by atoms with van der Waals surface area (Å²) in [5, 5.41) is 21.0. The number of imidazole rings is 1. The number of esters is 2. The molecule has 2 aliphatic rings. The number of carbonyl (C=O) groups is 3. The first-order chi connectivity index (χ1) is 25.2. The number of halogens is 2. The SMILES string of the molecule is Cc1ncc([N+](=O)[O-])n1CC(CCl)OC(=O)CCC(=O)OCc1oc(=O)oc1CN1CCN(c2cc3c(cc2F)c(=O)c(C(=O)O)c2n3C(C)S2)CC1. The molecule has 6 rings (SSSR count). The van der Waals surface area contributed by atoms with Crippen LogP contribution in [-0.2, 0) is 38.8 Å². The molecule has 1 fully saturated rings. The Morgan fingerprint density at radius 1 is 1.15 bits per heavy atom. The van der Waals surface area contributed by atoms with Crippen molar-refractivity contribution >= 4 is 63.7 Å². The molecule has 0 saturated carbocycles. The Hall–Kier alpha value is -5.21. The zero-order chi connectivity index (χ0) is 38.1. The summed E-state index contributed by atoms with van der Waals surface area (Å²) in [5.41, 5.74) is -0.387. The van der Waals surface area contributed by atoms with Crippen molar-refractivity contribution in [2.75, 3.05) is 37.0 Å². The average Bonchev–Trinajstić information content (AvgIpc) is 3.66. The highest BCUT2D eigenvalue weighted by molar-refractivity contribution is 8.00. The normalized spacial score (nSPS) is 16.2. The van der Waals surface area contributed by atoms with Crippen LogP contribution < -0.4 is 16.2 Å². The number of rotatable bonds is 14. The number of nitrogens with zero attached hydrogens (tertiary/aromatic N) is 6. The Bertz CT molecular complexity index is 2230. The van der Waals surface area contributed by atoms with Crippen molar-refractivity contribution in [1.29, 1.82) is 0 Å². The summed E-state index contributed by atoms with van der Waals surface area (Å²) in [6.45, 7) is 4.51. The first-order valence-corrected chi connectivity index (χ1v) is 17.6. The molecule has 53 heavy (non-hydrogen) atoms. The summed E-state index contributed by atoms with van der Waals surface area (Å²) in [6, 6.07) is 2.66. The van der Waals surface area contributed by atoms with E-state index in [0.29, 0.717) is 42.5 Å². The first kappa shape index (κ1) is 37.5. The van der Waals surface area contributed by atoms with Gasteiger partial charge in [0.2, 0.25) is 5.43 Å². The number of carboxylic acid groups (broad SMARTS) is 1. The Labute approximate surface area is 307 Å². The second-order valence-electron chi connectivity index (χ2n) is 12.2. The maximum Gasteiger partial charge on any atom is 0.519 e. The Morgan fingerprint density at radius 2 is 1.85 bits per heavy atom. The molecular formula is C32H32ClFN6O12S. The molecule has 0 amide bonds. The van der Waals surface area contributed by atoms with E-state index in [-0.39, 0.29) is 71.2 Å². The Morgan fingerprint density at radius 3 is 2.51 bits per heavy atom. The number of aryl methyl sites for hydroxylation is 1. The van der Waals surface area contributed by atoms with E-state index in [1.807, 2.05) is 16.7 Å². The van der Waals surface area contributed by atoms with Crippen molar-refractivity contribution in [3.63, 3.8) is 0 Å². The number of hydrogen-bond acceptors (Lipinski definition) is 15. The van der Waals surface area contributed by atoms with Crippen LogP contribution in [0.2, 0.25) is 0 Å². The fraction of sp³-hybridized carbons (Fsp3) is 0.438. The lowest BCUT2D eigenvalue weighted by molar-refractivity contribution is -0.392. The molecule has 18 nitrogen and oxygen atoms in total. The number of hydrogen-bond donors (Lipinski definition) is 1. The number of pyridine rings is 1. The third kappa shape index (κ3) is 7.79. The number of thioether (sulfide) groups is 1. The highest BCUT2D eigenvalue weighted by Crippen LogP contribution is 2.46. The molecule has 0 aliphatic carbocycles. The Kier molecular flexibility index (Phi) is 10.9. The van der Waals surface area contributed by atoms with E-state index in [1.54, 1.807) is 17.6 Å². The number of anilines is 1. The summed E-state index contributed by atoms with van der Waals surface area (Å²) in [4.78, 5) is 79.7. The van der Waals surface area contributed by atoms with Gasteiger partial charge in [0, 0.05) is 38.5 Å². The smallest absolute Gasteiger partial charge is 0.477 e. The third-order valence-corrected chi connectivity index (χ3v) is 10.4. The van der Waals surface area contributed by atoms with Crippen molar-refractivity contribution in [3.05, 3.63) is 78.0 Å². The fourth-order valence-corrected chi connectivity index (χ4v) is 7.51. The number of alkyl halides is 1. The standard InChI is InChI=1S/C32H32ClFN6O12S/c1-16-35-12-25(40(47)48)38(16)13-18(11-33)50-27(42)4-3-26(41)49-15-24-23(51-32(46)52-24)14-36-5-7-37(8-6-36)22-10-21-19(9-20(22)34)29(43)28(31(44)45)30-39(21)17(2)53-30/h9-10,12,17-18H,3-8,11,13-15H2,1-2H3,(H,44,45). The van der Waals surface area contributed by atoms with E-state index in [4.69, 9.17) is 29.9 Å². The van der Waals surface area contributed by atoms with Gasteiger partial charge in [0.25, 0.3) is 0 Å². The van der Waals surface area contributed by atoms with Gasteiger partial charge >= 0.3 is 29.5 Å². The molecule has 2 atom stereocenters. The molecule has 2 aliphatic heterocycles. The van der Waals surface area contributed by atoms with E-state index in [0.717, 1.165) is 12.3 Å². The summed E-state index contributed by atoms with van der Waals surface area (Å²) in [7, 11) is 0. The largest absolute Gasteiger partial charge is 0.519 e. The average molecular weight is 779 g/mol. The van der Waals surface area contributed by atoms with Gasteiger partial charge in [-0.3, -0.25) is 19.3 Å². The highest BCUT2D eigenvalue weighted by atomic mass is 35.5. The van der Waals surface area contributed by atoms with E-state index in [9.17, 15) is 39.2 Å². The lowest BCUT2D eigenvalue weighted by Crippen LogP contribution is -2.46. The number of fused-ring (bicyclic) bond motifs is 3. The van der Waals surface area contributed by atoms with Crippen molar-refractivity contribution in [1.82, 2.24) is 19.0 Å². The fourth-order valence-electron chi connectivity index (χ4n) is 6.20. The minimum absolute atomic E-state index is 0.00646. The quantitative estimate of drug-likeness (QED) is 0.0838. The van der Waals surface area contributed by atoms with Gasteiger partial charge in [-0.15, -0.1) is 11.6 Å². The highest BCUT2D eigenvalue weighted by Gasteiger charge is 2.34. The van der Waals surface area contributed by atoms with Crippen LogP contribution in [0.3, 0.4) is 0 Å². The van der Waals surface area contributed by atoms with E-state index < -0.39 is 52.6 Å². The maximum absolute atomic E-state index is 15.4. The maximum atomic E-state index is 15.4. The lowest BCUT2D eigenvalue weighted by Gasteiger charge is -2.37. The number of carboxylic acids is 1. The molecule has 5 heterocycles. The van der Waals surface area contributed by atoms with Gasteiger partial charge in [-0.25, -0.2) is 23.5 Å².